The molecule has 5 heteroatoms. The van der Waals surface area contributed by atoms with Crippen molar-refractivity contribution >= 4 is 11.9 Å². The van der Waals surface area contributed by atoms with Crippen LogP contribution in [-0.2, 0) is 25.7 Å². The molecule has 0 bridgehead atoms. The van der Waals surface area contributed by atoms with Crippen LogP contribution in [0.4, 0.5) is 4.39 Å². The van der Waals surface area contributed by atoms with Gasteiger partial charge in [-0.2, -0.15) is 0 Å². The number of carbonyl (C=O) groups excluding carboxylic acids is 2. The van der Waals surface area contributed by atoms with Crippen molar-refractivity contribution in [2.45, 2.75) is 90.6 Å². The van der Waals surface area contributed by atoms with E-state index in [4.69, 9.17) is 9.47 Å². The molecule has 0 N–H and O–H groups in total. The number of unbranched alkanes of at least 4 members (excludes halogenated alkanes) is 9. The molecule has 0 aliphatic heterocycles. The smallest absolute Gasteiger partial charge is 0.306 e. The molecule has 1 aromatic carbocycles. The van der Waals surface area contributed by atoms with Gasteiger partial charge in [0.2, 0.25) is 0 Å². The Balaban J connectivity index is 1.92. The highest BCUT2D eigenvalue weighted by Gasteiger charge is 2.09. The van der Waals surface area contributed by atoms with Crippen LogP contribution < -0.4 is 0 Å². The van der Waals surface area contributed by atoms with Crippen molar-refractivity contribution in [1.82, 2.24) is 0 Å². The summed E-state index contributed by atoms with van der Waals surface area (Å²) in [4.78, 5) is 23.3. The molecule has 0 unspecified atom stereocenters. The minimum atomic E-state index is -0.458. The number of benzene rings is 1. The number of carbonyl (C=O) groups is 2. The van der Waals surface area contributed by atoms with Crippen LogP contribution in [0.15, 0.2) is 24.3 Å². The zero-order chi connectivity index (χ0) is 20.5. The van der Waals surface area contributed by atoms with Gasteiger partial charge in [0.1, 0.15) is 12.4 Å². The van der Waals surface area contributed by atoms with Crippen molar-refractivity contribution in [2.24, 2.45) is 0 Å². The van der Waals surface area contributed by atoms with Gasteiger partial charge in [0.15, 0.2) is 0 Å². The SMILES string of the molecule is CCCCCCCCCCCCOC(=O)CCC(=O)OCc1ccc(F)cc1. The third kappa shape index (κ3) is 13.3. The predicted molar refractivity (Wildman–Crippen MR) is 108 cm³/mol. The molecule has 1 aromatic rings. The Morgan fingerprint density at radius 2 is 1.25 bits per heavy atom. The fourth-order valence-corrected chi connectivity index (χ4v) is 2.87. The largest absolute Gasteiger partial charge is 0.466 e. The lowest BCUT2D eigenvalue weighted by molar-refractivity contribution is -0.151. The van der Waals surface area contributed by atoms with Crippen molar-refractivity contribution in [3.05, 3.63) is 35.6 Å². The molecule has 0 amide bonds. The van der Waals surface area contributed by atoms with Gasteiger partial charge in [-0.15, -0.1) is 0 Å². The summed E-state index contributed by atoms with van der Waals surface area (Å²) in [5.74, 6) is -1.16. The van der Waals surface area contributed by atoms with Gasteiger partial charge in [0.25, 0.3) is 0 Å². The van der Waals surface area contributed by atoms with Gasteiger partial charge >= 0.3 is 11.9 Å². The highest BCUT2D eigenvalue weighted by atomic mass is 19.1. The fraction of sp³-hybridized carbons (Fsp3) is 0.652. The second-order valence-corrected chi connectivity index (χ2v) is 7.19. The van der Waals surface area contributed by atoms with E-state index in [2.05, 4.69) is 6.92 Å². The Bertz CT molecular complexity index is 542. The summed E-state index contributed by atoms with van der Waals surface area (Å²) in [7, 11) is 0. The van der Waals surface area contributed by atoms with E-state index in [-0.39, 0.29) is 31.2 Å². The Kier molecular flexibility index (Phi) is 13.9. The van der Waals surface area contributed by atoms with Crippen LogP contribution in [0, 0.1) is 5.82 Å². The monoisotopic (exact) mass is 394 g/mol. The van der Waals surface area contributed by atoms with Crippen LogP contribution in [0.3, 0.4) is 0 Å². The summed E-state index contributed by atoms with van der Waals surface area (Å²) in [6, 6.07) is 5.75. The van der Waals surface area contributed by atoms with Crippen LogP contribution >= 0.6 is 0 Å². The van der Waals surface area contributed by atoms with Gasteiger partial charge in [-0.05, 0) is 24.1 Å². The molecular formula is C23H35FO4. The van der Waals surface area contributed by atoms with Gasteiger partial charge in [-0.25, -0.2) is 4.39 Å². The summed E-state index contributed by atoms with van der Waals surface area (Å²) in [5.41, 5.74) is 0.707. The fourth-order valence-electron chi connectivity index (χ4n) is 2.87. The number of esters is 2. The highest BCUT2D eigenvalue weighted by Crippen LogP contribution is 2.11. The van der Waals surface area contributed by atoms with E-state index in [0.29, 0.717) is 12.2 Å². The normalized spacial score (nSPS) is 10.6. The van der Waals surface area contributed by atoms with Crippen LogP contribution in [0.2, 0.25) is 0 Å². The van der Waals surface area contributed by atoms with Crippen LogP contribution in [0.1, 0.15) is 89.5 Å². The average Bonchev–Trinajstić information content (AvgIpc) is 2.70. The van der Waals surface area contributed by atoms with Crippen LogP contribution in [0.25, 0.3) is 0 Å². The lowest BCUT2D eigenvalue weighted by Gasteiger charge is -2.06. The van der Waals surface area contributed by atoms with E-state index in [1.54, 1.807) is 12.1 Å². The zero-order valence-corrected chi connectivity index (χ0v) is 17.2. The first-order valence-electron chi connectivity index (χ1n) is 10.7. The zero-order valence-electron chi connectivity index (χ0n) is 17.2. The number of ether oxygens (including phenoxy) is 2. The van der Waals surface area contributed by atoms with Crippen molar-refractivity contribution in [2.75, 3.05) is 6.61 Å². The molecule has 0 aliphatic rings. The van der Waals surface area contributed by atoms with Crippen molar-refractivity contribution < 1.29 is 23.5 Å². The molecule has 0 fully saturated rings. The molecule has 0 heterocycles. The number of hydrogen-bond donors (Lipinski definition) is 0. The summed E-state index contributed by atoms with van der Waals surface area (Å²) < 4.78 is 23.0. The van der Waals surface area contributed by atoms with E-state index in [1.165, 1.54) is 63.5 Å². The molecular weight excluding hydrogens is 359 g/mol. The molecule has 28 heavy (non-hydrogen) atoms. The number of hydrogen-bond acceptors (Lipinski definition) is 4. The third-order valence-electron chi connectivity index (χ3n) is 4.61. The molecule has 0 spiro atoms. The average molecular weight is 395 g/mol. The molecule has 0 radical (unpaired) electrons. The lowest BCUT2D eigenvalue weighted by atomic mass is 10.1. The molecule has 0 saturated carbocycles. The first-order valence-corrected chi connectivity index (χ1v) is 10.7. The topological polar surface area (TPSA) is 52.6 Å². The second kappa shape index (κ2) is 16.1. The van der Waals surface area contributed by atoms with Gasteiger partial charge in [0, 0.05) is 0 Å². The Hall–Kier alpha value is -1.91. The van der Waals surface area contributed by atoms with Gasteiger partial charge in [-0.1, -0.05) is 76.8 Å². The minimum Gasteiger partial charge on any atom is -0.466 e. The first-order chi connectivity index (χ1) is 13.6. The van der Waals surface area contributed by atoms with E-state index in [9.17, 15) is 14.0 Å². The Morgan fingerprint density at radius 1 is 0.750 bits per heavy atom. The lowest BCUT2D eigenvalue weighted by Crippen LogP contribution is -2.11. The maximum absolute atomic E-state index is 12.8. The highest BCUT2D eigenvalue weighted by molar-refractivity contribution is 5.77. The van der Waals surface area contributed by atoms with Crippen molar-refractivity contribution in [1.29, 1.82) is 0 Å². The van der Waals surface area contributed by atoms with Crippen molar-refractivity contribution in [3.8, 4) is 0 Å². The molecule has 158 valence electrons. The molecule has 0 aromatic heterocycles. The Morgan fingerprint density at radius 3 is 1.82 bits per heavy atom. The van der Waals surface area contributed by atoms with Crippen LogP contribution in [0.5, 0.6) is 0 Å². The minimum absolute atomic E-state index is 0.00193. The number of rotatable bonds is 16. The second-order valence-electron chi connectivity index (χ2n) is 7.19. The van der Waals surface area contributed by atoms with E-state index < -0.39 is 5.97 Å². The maximum atomic E-state index is 12.8. The molecule has 0 saturated heterocycles. The molecule has 1 rings (SSSR count). The first kappa shape index (κ1) is 24.1. The van der Waals surface area contributed by atoms with Crippen molar-refractivity contribution in [3.63, 3.8) is 0 Å². The van der Waals surface area contributed by atoms with Crippen LogP contribution in [-0.4, -0.2) is 18.5 Å². The molecule has 0 atom stereocenters. The van der Waals surface area contributed by atoms with Gasteiger partial charge in [0.05, 0.1) is 19.4 Å². The summed E-state index contributed by atoms with van der Waals surface area (Å²) in [6.45, 7) is 2.72. The summed E-state index contributed by atoms with van der Waals surface area (Å²) in [5, 5.41) is 0. The maximum Gasteiger partial charge on any atom is 0.306 e. The quantitative estimate of drug-likeness (QED) is 0.251. The van der Waals surface area contributed by atoms with Gasteiger partial charge < -0.3 is 9.47 Å². The standard InChI is InChI=1S/C23H35FO4/c1-2-3-4-5-6-7-8-9-10-11-18-27-22(25)16-17-23(26)28-19-20-12-14-21(24)15-13-20/h12-15H,2-11,16-19H2,1H3. The molecule has 0 aliphatic carbocycles. The Labute approximate surface area is 168 Å². The molecule has 4 nitrogen and oxygen atoms in total. The van der Waals surface area contributed by atoms with E-state index in [0.717, 1.165) is 12.8 Å². The van der Waals surface area contributed by atoms with Gasteiger partial charge in [-0.3, -0.25) is 9.59 Å². The van der Waals surface area contributed by atoms with E-state index >= 15 is 0 Å². The summed E-state index contributed by atoms with van der Waals surface area (Å²) in [6.07, 6.45) is 12.4. The predicted octanol–water partition coefficient (Wildman–Crippen LogP) is 6.11. The third-order valence-corrected chi connectivity index (χ3v) is 4.61. The number of halogens is 1. The van der Waals surface area contributed by atoms with E-state index in [1.807, 2.05) is 0 Å². The summed E-state index contributed by atoms with van der Waals surface area (Å²) >= 11 is 0.